The van der Waals surface area contributed by atoms with Crippen molar-refractivity contribution in [1.82, 2.24) is 24.4 Å². The molecule has 2 aromatic heterocycles. The summed E-state index contributed by atoms with van der Waals surface area (Å²) in [5, 5.41) is 18.1. The van der Waals surface area contributed by atoms with Gasteiger partial charge in [0.1, 0.15) is 12.2 Å². The van der Waals surface area contributed by atoms with Crippen molar-refractivity contribution >= 4 is 11.5 Å². The maximum Gasteiger partial charge on any atom is 0.138 e. The zero-order chi connectivity index (χ0) is 12.3. The van der Waals surface area contributed by atoms with Crippen molar-refractivity contribution in [3.05, 3.63) is 22.7 Å². The number of aliphatic hydroxyl groups excluding tert-OH is 1. The predicted octanol–water partition coefficient (Wildman–Crippen LogP) is 1.12. The number of aryl methyl sites for hydroxylation is 2. The van der Waals surface area contributed by atoms with Gasteiger partial charge in [0.2, 0.25) is 0 Å². The average Bonchev–Trinajstić information content (AvgIpc) is 2.89. The van der Waals surface area contributed by atoms with Crippen LogP contribution in [0.2, 0.25) is 0 Å². The number of aliphatic hydroxyl groups is 1. The maximum atomic E-state index is 10.1. The Hall–Kier alpha value is -1.34. The van der Waals surface area contributed by atoms with E-state index in [0.717, 1.165) is 29.4 Å². The van der Waals surface area contributed by atoms with Crippen LogP contribution in [0.4, 0.5) is 0 Å². The van der Waals surface area contributed by atoms with E-state index in [0.29, 0.717) is 6.42 Å². The van der Waals surface area contributed by atoms with E-state index >= 15 is 0 Å². The lowest BCUT2D eigenvalue weighted by Crippen LogP contribution is -2.10. The molecule has 0 amide bonds. The van der Waals surface area contributed by atoms with E-state index in [1.807, 2.05) is 11.6 Å². The molecule has 92 valence electrons. The first-order chi connectivity index (χ1) is 8.22. The van der Waals surface area contributed by atoms with Gasteiger partial charge in [-0.2, -0.15) is 5.10 Å². The fraction of sp³-hybridized carbons (Fsp3) is 0.600. The van der Waals surface area contributed by atoms with E-state index in [9.17, 15) is 5.11 Å². The van der Waals surface area contributed by atoms with Gasteiger partial charge in [0.05, 0.1) is 16.7 Å². The van der Waals surface area contributed by atoms with E-state index in [1.165, 1.54) is 17.9 Å². The lowest BCUT2D eigenvalue weighted by atomic mass is 10.2. The highest BCUT2D eigenvalue weighted by Crippen LogP contribution is 2.22. The Labute approximate surface area is 103 Å². The van der Waals surface area contributed by atoms with E-state index in [1.54, 1.807) is 0 Å². The Balaban J connectivity index is 2.10. The smallest absolute Gasteiger partial charge is 0.138 e. The molecule has 2 rings (SSSR count). The van der Waals surface area contributed by atoms with Crippen LogP contribution in [-0.4, -0.2) is 29.5 Å². The van der Waals surface area contributed by atoms with E-state index in [-0.39, 0.29) is 0 Å². The van der Waals surface area contributed by atoms with Gasteiger partial charge >= 0.3 is 0 Å². The minimum absolute atomic E-state index is 0.449. The summed E-state index contributed by atoms with van der Waals surface area (Å²) in [4.78, 5) is 4.97. The zero-order valence-electron chi connectivity index (χ0n) is 9.87. The number of hydrogen-bond acceptors (Lipinski definition) is 6. The number of nitrogens with zero attached hydrogens (tertiary/aromatic N) is 5. The van der Waals surface area contributed by atoms with Crippen molar-refractivity contribution in [3.8, 4) is 0 Å². The Morgan fingerprint density at radius 2 is 2.35 bits per heavy atom. The standard InChI is InChI=1S/C10H15N5OS/c1-3-4-15-9(11-6-12-15)5-8(16)10-7(2)13-14-17-10/h6,8,16H,3-5H2,1-2H3. The van der Waals surface area contributed by atoms with Gasteiger partial charge in [-0.05, 0) is 24.9 Å². The molecule has 0 aromatic carbocycles. The molecule has 1 unspecified atom stereocenters. The second kappa shape index (κ2) is 5.33. The summed E-state index contributed by atoms with van der Waals surface area (Å²) in [6, 6.07) is 0. The molecule has 2 heterocycles. The van der Waals surface area contributed by atoms with Gasteiger partial charge in [-0.15, -0.1) is 5.10 Å². The van der Waals surface area contributed by atoms with Gasteiger partial charge in [0.25, 0.3) is 0 Å². The first-order valence-corrected chi connectivity index (χ1v) is 6.33. The van der Waals surface area contributed by atoms with Crippen LogP contribution in [0.1, 0.15) is 35.8 Å². The molecular weight excluding hydrogens is 238 g/mol. The molecule has 2 aromatic rings. The Morgan fingerprint density at radius 3 is 3.00 bits per heavy atom. The van der Waals surface area contributed by atoms with Crippen LogP contribution in [-0.2, 0) is 13.0 Å². The van der Waals surface area contributed by atoms with Gasteiger partial charge in [0, 0.05) is 13.0 Å². The molecule has 0 aliphatic carbocycles. The zero-order valence-corrected chi connectivity index (χ0v) is 10.7. The highest BCUT2D eigenvalue weighted by molar-refractivity contribution is 7.05. The van der Waals surface area contributed by atoms with Crippen molar-refractivity contribution in [2.75, 3.05) is 0 Å². The van der Waals surface area contributed by atoms with Gasteiger partial charge < -0.3 is 5.11 Å². The van der Waals surface area contributed by atoms with E-state index in [4.69, 9.17) is 0 Å². The maximum absolute atomic E-state index is 10.1. The third-order valence-electron chi connectivity index (χ3n) is 2.50. The van der Waals surface area contributed by atoms with Gasteiger partial charge in [-0.1, -0.05) is 11.4 Å². The molecule has 0 saturated carbocycles. The summed E-state index contributed by atoms with van der Waals surface area (Å²) >= 11 is 1.23. The first kappa shape index (κ1) is 12.1. The molecule has 0 radical (unpaired) electrons. The predicted molar refractivity (Wildman–Crippen MR) is 63.6 cm³/mol. The highest BCUT2D eigenvalue weighted by atomic mass is 32.1. The van der Waals surface area contributed by atoms with Crippen LogP contribution < -0.4 is 0 Å². The summed E-state index contributed by atoms with van der Waals surface area (Å²) in [7, 11) is 0. The Kier molecular flexibility index (Phi) is 3.80. The minimum atomic E-state index is -0.602. The van der Waals surface area contributed by atoms with Gasteiger partial charge in [0.15, 0.2) is 0 Å². The van der Waals surface area contributed by atoms with Crippen LogP contribution in [0.3, 0.4) is 0 Å². The fourth-order valence-electron chi connectivity index (χ4n) is 1.65. The lowest BCUT2D eigenvalue weighted by molar-refractivity contribution is 0.176. The Morgan fingerprint density at radius 1 is 1.53 bits per heavy atom. The van der Waals surface area contributed by atoms with Crippen LogP contribution >= 0.6 is 11.5 Å². The third kappa shape index (κ3) is 2.67. The lowest BCUT2D eigenvalue weighted by Gasteiger charge is -2.09. The number of aromatic nitrogens is 5. The van der Waals surface area contributed by atoms with Crippen molar-refractivity contribution < 1.29 is 5.11 Å². The summed E-state index contributed by atoms with van der Waals surface area (Å²) in [6.45, 7) is 4.75. The summed E-state index contributed by atoms with van der Waals surface area (Å²) in [6.07, 6.45) is 2.36. The summed E-state index contributed by atoms with van der Waals surface area (Å²) < 4.78 is 5.65. The molecule has 0 saturated heterocycles. The summed E-state index contributed by atoms with van der Waals surface area (Å²) in [5.41, 5.74) is 0.782. The molecule has 1 atom stereocenters. The molecular formula is C10H15N5OS. The van der Waals surface area contributed by atoms with Crippen LogP contribution in [0, 0.1) is 6.92 Å². The summed E-state index contributed by atoms with van der Waals surface area (Å²) in [5.74, 6) is 0.798. The van der Waals surface area contributed by atoms with E-state index in [2.05, 4.69) is 26.6 Å². The van der Waals surface area contributed by atoms with Crippen molar-refractivity contribution in [3.63, 3.8) is 0 Å². The van der Waals surface area contributed by atoms with Gasteiger partial charge in [-0.3, -0.25) is 4.68 Å². The molecule has 6 nitrogen and oxygen atoms in total. The molecule has 1 N–H and O–H groups in total. The quantitative estimate of drug-likeness (QED) is 0.864. The van der Waals surface area contributed by atoms with Crippen molar-refractivity contribution in [2.45, 2.75) is 39.3 Å². The van der Waals surface area contributed by atoms with Gasteiger partial charge in [-0.25, -0.2) is 4.98 Å². The number of hydrogen-bond donors (Lipinski definition) is 1. The second-order valence-corrected chi connectivity index (χ2v) is 4.63. The third-order valence-corrected chi connectivity index (χ3v) is 3.42. The molecule has 0 spiro atoms. The van der Waals surface area contributed by atoms with Crippen molar-refractivity contribution in [2.24, 2.45) is 0 Å². The average molecular weight is 253 g/mol. The fourth-order valence-corrected chi connectivity index (χ4v) is 2.28. The number of rotatable bonds is 5. The SMILES string of the molecule is CCCn1ncnc1CC(O)c1snnc1C. The molecule has 0 aliphatic heterocycles. The highest BCUT2D eigenvalue weighted by Gasteiger charge is 2.17. The largest absolute Gasteiger partial charge is 0.387 e. The first-order valence-electron chi connectivity index (χ1n) is 5.56. The normalized spacial score (nSPS) is 12.9. The molecule has 0 fully saturated rings. The van der Waals surface area contributed by atoms with Crippen LogP contribution in [0.25, 0.3) is 0 Å². The molecule has 7 heteroatoms. The van der Waals surface area contributed by atoms with Crippen LogP contribution in [0.15, 0.2) is 6.33 Å². The second-order valence-electron chi connectivity index (χ2n) is 3.84. The Bertz CT molecular complexity index is 481. The molecule has 0 aliphatic rings. The van der Waals surface area contributed by atoms with E-state index < -0.39 is 6.10 Å². The van der Waals surface area contributed by atoms with Crippen molar-refractivity contribution in [1.29, 1.82) is 0 Å². The van der Waals surface area contributed by atoms with Crippen LogP contribution in [0.5, 0.6) is 0 Å². The molecule has 0 bridgehead atoms. The topological polar surface area (TPSA) is 76.7 Å². The molecule has 17 heavy (non-hydrogen) atoms. The minimum Gasteiger partial charge on any atom is -0.387 e. The monoisotopic (exact) mass is 253 g/mol.